The van der Waals surface area contributed by atoms with Crippen LogP contribution >= 0.6 is 0 Å². The van der Waals surface area contributed by atoms with Gasteiger partial charge >= 0.3 is 0 Å². The van der Waals surface area contributed by atoms with Gasteiger partial charge in [-0.05, 0) is 25.8 Å². The van der Waals surface area contributed by atoms with Crippen molar-refractivity contribution < 1.29 is 4.79 Å². The molecule has 0 saturated heterocycles. The SMILES string of the molecule is CCCC(N)CC(=O)c1ccc(C)cc1C. The standard InChI is InChI=1S/C14H21NO/c1-4-5-12(15)9-14(16)13-7-6-10(2)8-11(13)3/h6-8,12H,4-5,9,15H2,1-3H3. The van der Waals surface area contributed by atoms with E-state index in [0.29, 0.717) is 6.42 Å². The van der Waals surface area contributed by atoms with Crippen molar-refractivity contribution in [1.82, 2.24) is 0 Å². The minimum absolute atomic E-state index is 0.00166. The van der Waals surface area contributed by atoms with Gasteiger partial charge in [0.1, 0.15) is 0 Å². The zero-order valence-corrected chi connectivity index (χ0v) is 10.4. The van der Waals surface area contributed by atoms with Gasteiger partial charge in [0.15, 0.2) is 5.78 Å². The zero-order valence-electron chi connectivity index (χ0n) is 10.4. The molecular weight excluding hydrogens is 198 g/mol. The fraction of sp³-hybridized carbons (Fsp3) is 0.500. The molecule has 0 amide bonds. The van der Waals surface area contributed by atoms with Gasteiger partial charge in [0.25, 0.3) is 0 Å². The van der Waals surface area contributed by atoms with Crippen molar-refractivity contribution in [3.05, 3.63) is 34.9 Å². The molecule has 0 aliphatic rings. The third kappa shape index (κ3) is 3.46. The van der Waals surface area contributed by atoms with Crippen LogP contribution in [0.15, 0.2) is 18.2 Å². The van der Waals surface area contributed by atoms with Crippen molar-refractivity contribution in [2.75, 3.05) is 0 Å². The summed E-state index contributed by atoms with van der Waals surface area (Å²) in [5.74, 6) is 0.165. The van der Waals surface area contributed by atoms with Gasteiger partial charge in [-0.2, -0.15) is 0 Å². The van der Waals surface area contributed by atoms with E-state index in [1.807, 2.05) is 32.0 Å². The van der Waals surface area contributed by atoms with E-state index in [9.17, 15) is 4.79 Å². The van der Waals surface area contributed by atoms with Crippen molar-refractivity contribution in [3.63, 3.8) is 0 Å². The van der Waals surface area contributed by atoms with Gasteiger partial charge in [0.05, 0.1) is 0 Å². The summed E-state index contributed by atoms with van der Waals surface area (Å²) in [7, 11) is 0. The van der Waals surface area contributed by atoms with Crippen molar-refractivity contribution in [3.8, 4) is 0 Å². The molecule has 1 atom stereocenters. The molecule has 0 fully saturated rings. The van der Waals surface area contributed by atoms with Crippen LogP contribution in [0.4, 0.5) is 0 Å². The summed E-state index contributed by atoms with van der Waals surface area (Å²) in [5, 5.41) is 0. The number of rotatable bonds is 5. The van der Waals surface area contributed by atoms with E-state index in [0.717, 1.165) is 24.0 Å². The Labute approximate surface area is 97.9 Å². The number of carbonyl (C=O) groups excluding carboxylic acids is 1. The molecule has 0 aliphatic heterocycles. The highest BCUT2D eigenvalue weighted by Crippen LogP contribution is 2.14. The average molecular weight is 219 g/mol. The van der Waals surface area contributed by atoms with Crippen LogP contribution in [0, 0.1) is 13.8 Å². The summed E-state index contributed by atoms with van der Waals surface area (Å²) >= 11 is 0. The third-order valence-corrected chi connectivity index (χ3v) is 2.79. The molecule has 88 valence electrons. The lowest BCUT2D eigenvalue weighted by atomic mass is 9.97. The van der Waals surface area contributed by atoms with Crippen LogP contribution in [-0.2, 0) is 0 Å². The summed E-state index contributed by atoms with van der Waals surface area (Å²) in [6.07, 6.45) is 2.40. The summed E-state index contributed by atoms with van der Waals surface area (Å²) in [4.78, 5) is 12.0. The summed E-state index contributed by atoms with van der Waals surface area (Å²) < 4.78 is 0. The molecule has 16 heavy (non-hydrogen) atoms. The number of carbonyl (C=O) groups is 1. The van der Waals surface area contributed by atoms with E-state index in [1.54, 1.807) is 0 Å². The fourth-order valence-electron chi connectivity index (χ4n) is 1.95. The molecule has 2 heteroatoms. The first-order valence-corrected chi connectivity index (χ1v) is 5.90. The van der Waals surface area contributed by atoms with Gasteiger partial charge in [-0.3, -0.25) is 4.79 Å². The molecule has 0 spiro atoms. The van der Waals surface area contributed by atoms with E-state index in [2.05, 4.69) is 6.92 Å². The van der Waals surface area contributed by atoms with Crippen LogP contribution in [0.25, 0.3) is 0 Å². The number of aryl methyl sites for hydroxylation is 2. The number of hydrogen-bond donors (Lipinski definition) is 1. The molecular formula is C14H21NO. The fourth-order valence-corrected chi connectivity index (χ4v) is 1.95. The van der Waals surface area contributed by atoms with Crippen molar-refractivity contribution >= 4 is 5.78 Å². The van der Waals surface area contributed by atoms with Crippen LogP contribution < -0.4 is 5.73 Å². The predicted octanol–water partition coefficient (Wildman–Crippen LogP) is 3.00. The number of ketones is 1. The zero-order chi connectivity index (χ0) is 12.1. The second kappa shape index (κ2) is 5.80. The lowest BCUT2D eigenvalue weighted by molar-refractivity contribution is 0.0972. The van der Waals surface area contributed by atoms with E-state index in [1.165, 1.54) is 5.56 Å². The van der Waals surface area contributed by atoms with Gasteiger partial charge in [-0.15, -0.1) is 0 Å². The molecule has 1 aromatic rings. The number of Topliss-reactive ketones (excluding diaryl/α,β-unsaturated/α-hetero) is 1. The van der Waals surface area contributed by atoms with Crippen LogP contribution in [0.5, 0.6) is 0 Å². The topological polar surface area (TPSA) is 43.1 Å². The molecule has 1 unspecified atom stereocenters. The van der Waals surface area contributed by atoms with Gasteiger partial charge in [-0.1, -0.05) is 37.1 Å². The van der Waals surface area contributed by atoms with Crippen molar-refractivity contribution in [2.24, 2.45) is 5.73 Å². The molecule has 0 aliphatic carbocycles. The van der Waals surface area contributed by atoms with E-state index in [-0.39, 0.29) is 11.8 Å². The summed E-state index contributed by atoms with van der Waals surface area (Å²) in [5.41, 5.74) is 8.94. The Balaban J connectivity index is 2.73. The molecule has 0 radical (unpaired) electrons. The van der Waals surface area contributed by atoms with Crippen molar-refractivity contribution in [1.29, 1.82) is 0 Å². The van der Waals surface area contributed by atoms with Gasteiger partial charge in [0, 0.05) is 18.0 Å². The van der Waals surface area contributed by atoms with E-state index in [4.69, 9.17) is 5.73 Å². The Hall–Kier alpha value is -1.15. The maximum Gasteiger partial charge on any atom is 0.164 e. The van der Waals surface area contributed by atoms with Crippen molar-refractivity contribution in [2.45, 2.75) is 46.1 Å². The molecule has 2 nitrogen and oxygen atoms in total. The number of nitrogens with two attached hydrogens (primary N) is 1. The van der Waals surface area contributed by atoms with Gasteiger partial charge < -0.3 is 5.73 Å². The quantitative estimate of drug-likeness (QED) is 0.774. The predicted molar refractivity (Wildman–Crippen MR) is 67.7 cm³/mol. The first-order valence-electron chi connectivity index (χ1n) is 5.90. The Morgan fingerprint density at radius 1 is 1.38 bits per heavy atom. The van der Waals surface area contributed by atoms with Gasteiger partial charge in [0.2, 0.25) is 0 Å². The Kier molecular flexibility index (Phi) is 4.69. The molecule has 1 rings (SSSR count). The Morgan fingerprint density at radius 2 is 2.06 bits per heavy atom. The molecule has 0 aromatic heterocycles. The number of hydrogen-bond acceptors (Lipinski definition) is 2. The van der Waals surface area contributed by atoms with E-state index >= 15 is 0 Å². The molecule has 0 bridgehead atoms. The summed E-state index contributed by atoms with van der Waals surface area (Å²) in [6.45, 7) is 6.09. The van der Waals surface area contributed by atoms with Crippen LogP contribution in [-0.4, -0.2) is 11.8 Å². The molecule has 1 aromatic carbocycles. The molecule has 0 heterocycles. The lowest BCUT2D eigenvalue weighted by Crippen LogP contribution is -2.23. The smallest absolute Gasteiger partial charge is 0.164 e. The normalized spacial score (nSPS) is 12.5. The first-order chi connectivity index (χ1) is 7.54. The Bertz CT molecular complexity index is 371. The highest BCUT2D eigenvalue weighted by molar-refractivity contribution is 5.97. The minimum Gasteiger partial charge on any atom is -0.327 e. The minimum atomic E-state index is -0.00166. The maximum absolute atomic E-state index is 12.0. The molecule has 2 N–H and O–H groups in total. The monoisotopic (exact) mass is 219 g/mol. The highest BCUT2D eigenvalue weighted by atomic mass is 16.1. The van der Waals surface area contributed by atoms with Crippen LogP contribution in [0.3, 0.4) is 0 Å². The summed E-state index contributed by atoms with van der Waals surface area (Å²) in [6, 6.07) is 5.92. The maximum atomic E-state index is 12.0. The highest BCUT2D eigenvalue weighted by Gasteiger charge is 2.12. The van der Waals surface area contributed by atoms with E-state index < -0.39 is 0 Å². The first kappa shape index (κ1) is 12.9. The van der Waals surface area contributed by atoms with Crippen LogP contribution in [0.1, 0.15) is 47.7 Å². The third-order valence-electron chi connectivity index (χ3n) is 2.79. The van der Waals surface area contributed by atoms with Gasteiger partial charge in [-0.25, -0.2) is 0 Å². The second-order valence-electron chi connectivity index (χ2n) is 4.49. The second-order valence-corrected chi connectivity index (χ2v) is 4.49. The average Bonchev–Trinajstić information content (AvgIpc) is 2.17. The molecule has 0 saturated carbocycles. The lowest BCUT2D eigenvalue weighted by Gasteiger charge is -2.11. The number of benzene rings is 1. The van der Waals surface area contributed by atoms with Crippen LogP contribution in [0.2, 0.25) is 0 Å². The largest absolute Gasteiger partial charge is 0.327 e. The Morgan fingerprint density at radius 3 is 2.62 bits per heavy atom.